The highest BCUT2D eigenvalue weighted by Crippen LogP contribution is 2.15. The Labute approximate surface area is 104 Å². The maximum Gasteiger partial charge on any atom is 0.244 e. The molecule has 0 atom stereocenters. The van der Waals surface area contributed by atoms with Gasteiger partial charge in [-0.15, -0.1) is 0 Å². The van der Waals surface area contributed by atoms with E-state index in [2.05, 4.69) is 10.3 Å². The van der Waals surface area contributed by atoms with Crippen LogP contribution < -0.4 is 5.48 Å². The van der Waals surface area contributed by atoms with Crippen LogP contribution in [0.5, 0.6) is 0 Å². The third-order valence-electron chi connectivity index (χ3n) is 1.87. The van der Waals surface area contributed by atoms with Crippen LogP contribution in [0.15, 0.2) is 24.3 Å². The number of benzene rings is 1. The summed E-state index contributed by atoms with van der Waals surface area (Å²) >= 11 is 7.48. The molecule has 0 aliphatic carbocycles. The average molecular weight is 260 g/mol. The van der Waals surface area contributed by atoms with Gasteiger partial charge in [-0.1, -0.05) is 23.7 Å². The third-order valence-corrected chi connectivity index (χ3v) is 3.15. The van der Waals surface area contributed by atoms with Crippen LogP contribution in [0, 0.1) is 0 Å². The Morgan fingerprint density at radius 2 is 2.12 bits per heavy atom. The van der Waals surface area contributed by atoms with Crippen molar-refractivity contribution >= 4 is 29.3 Å². The third kappa shape index (κ3) is 5.39. The molecule has 0 saturated heterocycles. The zero-order valence-corrected chi connectivity index (χ0v) is 10.6. The van der Waals surface area contributed by atoms with Crippen LogP contribution in [-0.2, 0) is 15.4 Å². The summed E-state index contributed by atoms with van der Waals surface area (Å²) in [7, 11) is 1.43. The summed E-state index contributed by atoms with van der Waals surface area (Å²) in [6, 6.07) is 7.72. The van der Waals surface area contributed by atoms with Crippen LogP contribution in [0.3, 0.4) is 0 Å². The molecule has 0 unspecified atom stereocenters. The molecule has 0 aromatic heterocycles. The molecule has 0 saturated carbocycles. The summed E-state index contributed by atoms with van der Waals surface area (Å²) < 4.78 is 0. The van der Waals surface area contributed by atoms with Gasteiger partial charge >= 0.3 is 0 Å². The number of hydrogen-bond donors (Lipinski definition) is 1. The molecule has 1 aromatic rings. The molecular weight excluding hydrogens is 246 g/mol. The first kappa shape index (κ1) is 13.4. The minimum Gasteiger partial charge on any atom is -0.277 e. The van der Waals surface area contributed by atoms with Crippen molar-refractivity contribution in [3.8, 4) is 0 Å². The van der Waals surface area contributed by atoms with Gasteiger partial charge in [0.25, 0.3) is 0 Å². The second kappa shape index (κ2) is 7.54. The standard InChI is InChI=1S/C11H14ClNO2S/c1-15-13-11(14)6-7-16-8-9-2-4-10(12)5-3-9/h2-5H,6-8H2,1H3,(H,13,14). The van der Waals surface area contributed by atoms with E-state index in [-0.39, 0.29) is 5.91 Å². The summed E-state index contributed by atoms with van der Waals surface area (Å²) in [6.45, 7) is 0. The molecule has 1 rings (SSSR count). The molecule has 88 valence electrons. The summed E-state index contributed by atoms with van der Waals surface area (Å²) in [5.74, 6) is 1.57. The SMILES string of the molecule is CONC(=O)CCSCc1ccc(Cl)cc1. The Balaban J connectivity index is 2.16. The summed E-state index contributed by atoms with van der Waals surface area (Å²) in [4.78, 5) is 15.5. The Morgan fingerprint density at radius 1 is 1.44 bits per heavy atom. The predicted octanol–water partition coefficient (Wildman–Crippen LogP) is 2.64. The normalized spacial score (nSPS) is 10.1. The van der Waals surface area contributed by atoms with Gasteiger partial charge in [-0.2, -0.15) is 11.8 Å². The number of nitrogens with one attached hydrogen (secondary N) is 1. The van der Waals surface area contributed by atoms with E-state index in [4.69, 9.17) is 11.6 Å². The number of carbonyl (C=O) groups is 1. The first-order chi connectivity index (χ1) is 7.72. The summed E-state index contributed by atoms with van der Waals surface area (Å²) in [5, 5.41) is 0.744. The lowest BCUT2D eigenvalue weighted by Crippen LogP contribution is -2.21. The van der Waals surface area contributed by atoms with Crippen molar-refractivity contribution < 1.29 is 9.63 Å². The number of hydrogen-bond acceptors (Lipinski definition) is 3. The highest BCUT2D eigenvalue weighted by molar-refractivity contribution is 7.98. The number of halogens is 1. The molecule has 1 aromatic carbocycles. The van der Waals surface area contributed by atoms with Crippen LogP contribution in [-0.4, -0.2) is 18.8 Å². The number of carbonyl (C=O) groups excluding carboxylic acids is 1. The second-order valence-electron chi connectivity index (χ2n) is 3.16. The molecule has 3 nitrogen and oxygen atoms in total. The van der Waals surface area contributed by atoms with Gasteiger partial charge in [-0.05, 0) is 17.7 Å². The van der Waals surface area contributed by atoms with Crippen molar-refractivity contribution in [3.05, 3.63) is 34.9 Å². The van der Waals surface area contributed by atoms with Gasteiger partial charge in [0.1, 0.15) is 0 Å². The second-order valence-corrected chi connectivity index (χ2v) is 4.70. The smallest absolute Gasteiger partial charge is 0.244 e. The van der Waals surface area contributed by atoms with E-state index < -0.39 is 0 Å². The van der Waals surface area contributed by atoms with Gasteiger partial charge in [0.05, 0.1) is 7.11 Å². The fraction of sp³-hybridized carbons (Fsp3) is 0.364. The lowest BCUT2D eigenvalue weighted by Gasteiger charge is -2.02. The first-order valence-corrected chi connectivity index (χ1v) is 6.39. The number of hydroxylamine groups is 1. The van der Waals surface area contributed by atoms with Crippen LogP contribution >= 0.6 is 23.4 Å². The maximum absolute atomic E-state index is 11.0. The highest BCUT2D eigenvalue weighted by atomic mass is 35.5. The topological polar surface area (TPSA) is 38.3 Å². The maximum atomic E-state index is 11.0. The largest absolute Gasteiger partial charge is 0.277 e. The molecule has 0 aliphatic heterocycles. The van der Waals surface area contributed by atoms with E-state index >= 15 is 0 Å². The molecule has 0 fully saturated rings. The van der Waals surface area contributed by atoms with E-state index in [1.807, 2.05) is 24.3 Å². The molecule has 0 radical (unpaired) electrons. The Hall–Kier alpha value is -0.710. The van der Waals surface area contributed by atoms with Crippen molar-refractivity contribution in [1.82, 2.24) is 5.48 Å². The summed E-state index contributed by atoms with van der Waals surface area (Å²) in [5.41, 5.74) is 3.49. The number of amides is 1. The molecule has 0 aliphatic rings. The van der Waals surface area contributed by atoms with E-state index in [9.17, 15) is 4.79 Å². The van der Waals surface area contributed by atoms with Crippen molar-refractivity contribution in [1.29, 1.82) is 0 Å². The summed E-state index contributed by atoms with van der Waals surface area (Å²) in [6.07, 6.45) is 0.464. The Kier molecular flexibility index (Phi) is 6.30. The molecule has 1 N–H and O–H groups in total. The molecule has 16 heavy (non-hydrogen) atoms. The van der Waals surface area contributed by atoms with Crippen molar-refractivity contribution in [2.45, 2.75) is 12.2 Å². The van der Waals surface area contributed by atoms with Gasteiger partial charge in [0.2, 0.25) is 5.91 Å². The van der Waals surface area contributed by atoms with E-state index in [1.165, 1.54) is 12.7 Å². The Morgan fingerprint density at radius 3 is 2.75 bits per heavy atom. The molecule has 0 bridgehead atoms. The van der Waals surface area contributed by atoms with Gasteiger partial charge in [-0.3, -0.25) is 9.63 Å². The van der Waals surface area contributed by atoms with Crippen LogP contribution in [0.1, 0.15) is 12.0 Å². The van der Waals surface area contributed by atoms with Gasteiger partial charge in [0, 0.05) is 22.9 Å². The quantitative estimate of drug-likeness (QED) is 0.631. The lowest BCUT2D eigenvalue weighted by molar-refractivity contribution is -0.130. The molecule has 5 heteroatoms. The molecule has 0 heterocycles. The fourth-order valence-electron chi connectivity index (χ4n) is 1.10. The minimum absolute atomic E-state index is 0.0916. The first-order valence-electron chi connectivity index (χ1n) is 4.86. The number of rotatable bonds is 6. The van der Waals surface area contributed by atoms with Crippen LogP contribution in [0.2, 0.25) is 5.02 Å². The van der Waals surface area contributed by atoms with Crippen molar-refractivity contribution in [2.24, 2.45) is 0 Å². The zero-order valence-electron chi connectivity index (χ0n) is 9.03. The Bertz CT molecular complexity index is 329. The zero-order chi connectivity index (χ0) is 11.8. The molecular formula is C11H14ClNO2S. The van der Waals surface area contributed by atoms with Gasteiger partial charge in [-0.25, -0.2) is 5.48 Å². The van der Waals surface area contributed by atoms with Crippen LogP contribution in [0.4, 0.5) is 0 Å². The average Bonchev–Trinajstić information content (AvgIpc) is 2.27. The fourth-order valence-corrected chi connectivity index (χ4v) is 2.13. The van der Waals surface area contributed by atoms with E-state index in [0.29, 0.717) is 6.42 Å². The molecule has 0 spiro atoms. The predicted molar refractivity (Wildman–Crippen MR) is 67.4 cm³/mol. The minimum atomic E-state index is -0.0916. The number of thioether (sulfide) groups is 1. The van der Waals surface area contributed by atoms with Crippen LogP contribution in [0.25, 0.3) is 0 Å². The van der Waals surface area contributed by atoms with Gasteiger partial charge < -0.3 is 0 Å². The van der Waals surface area contributed by atoms with E-state index in [0.717, 1.165) is 16.5 Å². The van der Waals surface area contributed by atoms with Crippen molar-refractivity contribution in [3.63, 3.8) is 0 Å². The monoisotopic (exact) mass is 259 g/mol. The lowest BCUT2D eigenvalue weighted by atomic mass is 10.2. The van der Waals surface area contributed by atoms with Gasteiger partial charge in [0.15, 0.2) is 0 Å². The van der Waals surface area contributed by atoms with E-state index in [1.54, 1.807) is 11.8 Å². The highest BCUT2D eigenvalue weighted by Gasteiger charge is 2.00. The molecule has 1 amide bonds. The van der Waals surface area contributed by atoms with Crippen molar-refractivity contribution in [2.75, 3.05) is 12.9 Å².